The monoisotopic (exact) mass is 273 g/mol. The summed E-state index contributed by atoms with van der Waals surface area (Å²) in [5, 5.41) is 11.1. The number of nitrogens with zero attached hydrogens (tertiary/aromatic N) is 2. The first-order valence-corrected chi connectivity index (χ1v) is 6.98. The van der Waals surface area contributed by atoms with E-state index in [9.17, 15) is 0 Å². The highest BCUT2D eigenvalue weighted by Crippen LogP contribution is 2.32. The summed E-state index contributed by atoms with van der Waals surface area (Å²) in [7, 11) is 2.02. The molecule has 1 atom stereocenters. The fourth-order valence-corrected chi connectivity index (χ4v) is 2.72. The average molecular weight is 273 g/mol. The molecule has 0 saturated carbocycles. The zero-order chi connectivity index (χ0) is 13.9. The van der Waals surface area contributed by atoms with Gasteiger partial charge in [0.2, 0.25) is 5.89 Å². The Morgan fingerprint density at radius 3 is 3.05 bits per heavy atom. The van der Waals surface area contributed by atoms with Gasteiger partial charge in [-0.15, -0.1) is 10.2 Å². The van der Waals surface area contributed by atoms with E-state index < -0.39 is 0 Å². The molecule has 0 aliphatic heterocycles. The smallest absolute Gasteiger partial charge is 0.253 e. The molecule has 20 heavy (non-hydrogen) atoms. The molecule has 0 spiro atoms. The minimum absolute atomic E-state index is 0.315. The van der Waals surface area contributed by atoms with Crippen LogP contribution in [-0.2, 0) is 13.0 Å². The molecule has 1 aliphatic carbocycles. The highest BCUT2D eigenvalue weighted by Gasteiger charge is 2.19. The molecule has 1 heterocycles. The molecule has 0 saturated heterocycles. The van der Waals surface area contributed by atoms with Crippen LogP contribution in [0.5, 0.6) is 5.75 Å². The number of rotatable bonds is 4. The van der Waals surface area contributed by atoms with E-state index in [0.29, 0.717) is 24.4 Å². The molecular weight excluding hydrogens is 254 g/mol. The summed E-state index contributed by atoms with van der Waals surface area (Å²) < 4.78 is 11.0. The van der Waals surface area contributed by atoms with Crippen LogP contribution in [0.25, 0.3) is 0 Å². The Morgan fingerprint density at radius 1 is 1.40 bits per heavy atom. The standard InChI is InChI=1S/C15H19N3O2/c1-10-17-18-15(20-10)9-19-12-6-7-13-11(8-12)4-3-5-14(13)16-2/h6-8,14,16H,3-5,9H2,1-2H3. The predicted molar refractivity (Wildman–Crippen MR) is 74.5 cm³/mol. The van der Waals surface area contributed by atoms with Gasteiger partial charge in [0.15, 0.2) is 6.61 Å². The van der Waals surface area contributed by atoms with Crippen LogP contribution >= 0.6 is 0 Å². The fourth-order valence-electron chi connectivity index (χ4n) is 2.72. The number of aryl methyl sites for hydroxylation is 2. The third kappa shape index (κ3) is 2.67. The second-order valence-electron chi connectivity index (χ2n) is 5.10. The first kappa shape index (κ1) is 13.1. The van der Waals surface area contributed by atoms with Crippen molar-refractivity contribution in [3.8, 4) is 5.75 Å². The molecule has 0 amide bonds. The van der Waals surface area contributed by atoms with Crippen LogP contribution in [0.3, 0.4) is 0 Å². The Kier molecular flexibility index (Phi) is 3.69. The Balaban J connectivity index is 1.72. The summed E-state index contributed by atoms with van der Waals surface area (Å²) in [5.41, 5.74) is 2.76. The van der Waals surface area contributed by atoms with Crippen molar-refractivity contribution in [1.82, 2.24) is 15.5 Å². The minimum atomic E-state index is 0.315. The van der Waals surface area contributed by atoms with Crippen molar-refractivity contribution in [1.29, 1.82) is 0 Å². The molecule has 1 aliphatic rings. The van der Waals surface area contributed by atoms with Crippen LogP contribution in [-0.4, -0.2) is 17.2 Å². The Hall–Kier alpha value is -1.88. The lowest BCUT2D eigenvalue weighted by Gasteiger charge is -2.25. The SMILES string of the molecule is CNC1CCCc2cc(OCc3nnc(C)o3)ccc21. The van der Waals surface area contributed by atoms with Gasteiger partial charge in [-0.05, 0) is 49.6 Å². The molecule has 0 fully saturated rings. The first-order chi connectivity index (χ1) is 9.76. The molecule has 5 heteroatoms. The van der Waals surface area contributed by atoms with E-state index in [4.69, 9.17) is 9.15 Å². The number of nitrogens with one attached hydrogen (secondary N) is 1. The van der Waals surface area contributed by atoms with Gasteiger partial charge >= 0.3 is 0 Å². The molecule has 106 valence electrons. The topological polar surface area (TPSA) is 60.2 Å². The van der Waals surface area contributed by atoms with Gasteiger partial charge in [0, 0.05) is 13.0 Å². The number of fused-ring (bicyclic) bond motifs is 1. The molecule has 1 aromatic heterocycles. The summed E-state index contributed by atoms with van der Waals surface area (Å²) in [6.45, 7) is 2.09. The quantitative estimate of drug-likeness (QED) is 0.927. The van der Waals surface area contributed by atoms with Crippen molar-refractivity contribution < 1.29 is 9.15 Å². The molecule has 5 nitrogen and oxygen atoms in total. The van der Waals surface area contributed by atoms with Gasteiger partial charge in [0.05, 0.1) is 0 Å². The zero-order valence-electron chi connectivity index (χ0n) is 11.8. The van der Waals surface area contributed by atoms with E-state index in [0.717, 1.165) is 12.2 Å². The summed E-state index contributed by atoms with van der Waals surface area (Å²) >= 11 is 0. The largest absolute Gasteiger partial charge is 0.484 e. The zero-order valence-corrected chi connectivity index (χ0v) is 11.8. The highest BCUT2D eigenvalue weighted by molar-refractivity contribution is 5.39. The Morgan fingerprint density at radius 2 is 2.30 bits per heavy atom. The minimum Gasteiger partial charge on any atom is -0.484 e. The van der Waals surface area contributed by atoms with Crippen molar-refractivity contribution in [3.63, 3.8) is 0 Å². The third-order valence-corrected chi connectivity index (χ3v) is 3.71. The maximum Gasteiger partial charge on any atom is 0.253 e. The lowest BCUT2D eigenvalue weighted by atomic mass is 9.87. The second kappa shape index (κ2) is 5.63. The first-order valence-electron chi connectivity index (χ1n) is 6.98. The van der Waals surface area contributed by atoms with Gasteiger partial charge in [-0.25, -0.2) is 0 Å². The van der Waals surface area contributed by atoms with Crippen LogP contribution in [0.4, 0.5) is 0 Å². The van der Waals surface area contributed by atoms with Crippen LogP contribution in [0.15, 0.2) is 22.6 Å². The lowest BCUT2D eigenvalue weighted by molar-refractivity contribution is 0.260. The number of hydrogen-bond acceptors (Lipinski definition) is 5. The van der Waals surface area contributed by atoms with E-state index in [1.165, 1.54) is 24.0 Å². The summed E-state index contributed by atoms with van der Waals surface area (Å²) in [4.78, 5) is 0. The molecular formula is C15H19N3O2. The second-order valence-corrected chi connectivity index (χ2v) is 5.10. The number of hydrogen-bond donors (Lipinski definition) is 1. The molecule has 2 aromatic rings. The van der Waals surface area contributed by atoms with Crippen molar-refractivity contribution >= 4 is 0 Å². The number of aromatic nitrogens is 2. The van der Waals surface area contributed by atoms with Gasteiger partial charge < -0.3 is 14.5 Å². The van der Waals surface area contributed by atoms with Crippen LogP contribution < -0.4 is 10.1 Å². The van der Waals surface area contributed by atoms with Gasteiger partial charge in [0.25, 0.3) is 5.89 Å². The maximum absolute atomic E-state index is 5.72. The van der Waals surface area contributed by atoms with E-state index in [1.807, 2.05) is 13.1 Å². The molecule has 1 N–H and O–H groups in total. The summed E-state index contributed by atoms with van der Waals surface area (Å²) in [5.74, 6) is 1.93. The van der Waals surface area contributed by atoms with Gasteiger partial charge in [-0.1, -0.05) is 6.07 Å². The highest BCUT2D eigenvalue weighted by atomic mass is 16.5. The lowest BCUT2D eigenvalue weighted by Crippen LogP contribution is -2.21. The molecule has 0 bridgehead atoms. The van der Waals surface area contributed by atoms with Crippen LogP contribution in [0, 0.1) is 6.92 Å². The average Bonchev–Trinajstić information content (AvgIpc) is 2.89. The maximum atomic E-state index is 5.72. The molecule has 1 aromatic carbocycles. The molecule has 0 radical (unpaired) electrons. The molecule has 3 rings (SSSR count). The van der Waals surface area contributed by atoms with E-state index in [-0.39, 0.29) is 0 Å². The van der Waals surface area contributed by atoms with Crippen molar-refractivity contribution in [3.05, 3.63) is 41.1 Å². The van der Waals surface area contributed by atoms with Crippen LogP contribution in [0.2, 0.25) is 0 Å². The van der Waals surface area contributed by atoms with E-state index in [1.54, 1.807) is 6.92 Å². The van der Waals surface area contributed by atoms with Gasteiger partial charge in [-0.3, -0.25) is 0 Å². The van der Waals surface area contributed by atoms with Gasteiger partial charge in [-0.2, -0.15) is 0 Å². The normalized spacial score (nSPS) is 17.8. The van der Waals surface area contributed by atoms with Gasteiger partial charge in [0.1, 0.15) is 5.75 Å². The summed E-state index contributed by atoms with van der Waals surface area (Å²) in [6.07, 6.45) is 3.53. The number of ether oxygens (including phenoxy) is 1. The summed E-state index contributed by atoms with van der Waals surface area (Å²) in [6, 6.07) is 6.76. The van der Waals surface area contributed by atoms with Crippen molar-refractivity contribution in [2.75, 3.05) is 7.05 Å². The van der Waals surface area contributed by atoms with Crippen LogP contribution in [0.1, 0.15) is 41.8 Å². The molecule has 1 unspecified atom stereocenters. The van der Waals surface area contributed by atoms with Crippen molar-refractivity contribution in [2.24, 2.45) is 0 Å². The predicted octanol–water partition coefficient (Wildman–Crippen LogP) is 2.55. The Labute approximate surface area is 118 Å². The Bertz CT molecular complexity index is 595. The third-order valence-electron chi connectivity index (χ3n) is 3.71. The van der Waals surface area contributed by atoms with Crippen molar-refractivity contribution in [2.45, 2.75) is 38.8 Å². The van der Waals surface area contributed by atoms with E-state index in [2.05, 4.69) is 27.6 Å². The fraction of sp³-hybridized carbons (Fsp3) is 0.467. The number of benzene rings is 1. The van der Waals surface area contributed by atoms with E-state index >= 15 is 0 Å².